The van der Waals surface area contributed by atoms with Gasteiger partial charge >= 0.3 is 0 Å². The molecule has 2 aromatic carbocycles. The molecule has 31 heavy (non-hydrogen) atoms. The average molecular weight is 445 g/mol. The zero-order valence-electron chi connectivity index (χ0n) is 18.1. The molecule has 0 aromatic heterocycles. The summed E-state index contributed by atoms with van der Waals surface area (Å²) in [6.45, 7) is 4.06. The molecule has 1 aliphatic heterocycles. The number of rotatable bonds is 7. The first-order valence-electron chi connectivity index (χ1n) is 10.2. The van der Waals surface area contributed by atoms with Gasteiger partial charge in [-0.15, -0.1) is 0 Å². The Labute approximate surface area is 183 Å². The van der Waals surface area contributed by atoms with Gasteiger partial charge in [-0.05, 0) is 56.5 Å². The summed E-state index contributed by atoms with van der Waals surface area (Å²) in [5, 5.41) is 2.94. The quantitative estimate of drug-likeness (QED) is 0.663. The zero-order chi connectivity index (χ0) is 22.6. The van der Waals surface area contributed by atoms with E-state index in [2.05, 4.69) is 5.32 Å². The first-order valence-corrected chi connectivity index (χ1v) is 11.6. The van der Waals surface area contributed by atoms with Gasteiger partial charge in [-0.1, -0.05) is 24.3 Å². The van der Waals surface area contributed by atoms with Crippen molar-refractivity contribution in [2.75, 3.05) is 20.2 Å². The molecule has 8 heteroatoms. The van der Waals surface area contributed by atoms with Gasteiger partial charge in [-0.2, -0.15) is 4.31 Å². The van der Waals surface area contributed by atoms with E-state index in [-0.39, 0.29) is 23.1 Å². The lowest BCUT2D eigenvalue weighted by atomic mass is 9.82. The van der Waals surface area contributed by atoms with E-state index in [4.69, 9.17) is 4.74 Å². The highest BCUT2D eigenvalue weighted by Gasteiger charge is 2.41. The molecule has 0 unspecified atom stereocenters. The molecule has 0 bridgehead atoms. The molecule has 1 aliphatic rings. The molecule has 7 nitrogen and oxygen atoms in total. The number of hydrogen-bond acceptors (Lipinski definition) is 5. The van der Waals surface area contributed by atoms with Crippen LogP contribution in [0.4, 0.5) is 0 Å². The minimum absolute atomic E-state index is 0.109. The standard InChI is InChI=1S/C23H28N2O5S/c1-17(26)19-7-11-21(12-8-19)31(28,29)25-14-4-13-23(2,16-25)22(27)24-15-18-5-9-20(30-3)10-6-18/h5-12H,4,13-16H2,1-3H3,(H,24,27)/t23-/m0/s1. The molecule has 1 saturated heterocycles. The molecule has 2 aromatic rings. The van der Waals surface area contributed by atoms with E-state index in [1.165, 1.54) is 35.5 Å². The maximum atomic E-state index is 13.1. The molecule has 1 amide bonds. The fourth-order valence-corrected chi connectivity index (χ4v) is 5.34. The topological polar surface area (TPSA) is 92.8 Å². The van der Waals surface area contributed by atoms with E-state index < -0.39 is 15.4 Å². The smallest absolute Gasteiger partial charge is 0.243 e. The van der Waals surface area contributed by atoms with Crippen molar-refractivity contribution in [3.63, 3.8) is 0 Å². The maximum Gasteiger partial charge on any atom is 0.243 e. The Morgan fingerprint density at radius 3 is 2.32 bits per heavy atom. The largest absolute Gasteiger partial charge is 0.497 e. The van der Waals surface area contributed by atoms with Crippen molar-refractivity contribution in [2.45, 2.75) is 38.1 Å². The fraction of sp³-hybridized carbons (Fsp3) is 0.391. The predicted octanol–water partition coefficient (Wildman–Crippen LogP) is 3.01. The Hall–Kier alpha value is -2.71. The van der Waals surface area contributed by atoms with Gasteiger partial charge in [0.2, 0.25) is 15.9 Å². The summed E-state index contributed by atoms with van der Waals surface area (Å²) in [4.78, 5) is 24.5. The number of methoxy groups -OCH3 is 1. The van der Waals surface area contributed by atoms with Crippen molar-refractivity contribution in [3.05, 3.63) is 59.7 Å². The normalized spacial score (nSPS) is 19.6. The van der Waals surface area contributed by atoms with Crippen LogP contribution in [0.15, 0.2) is 53.4 Å². The van der Waals surface area contributed by atoms with E-state index in [0.717, 1.165) is 11.3 Å². The summed E-state index contributed by atoms with van der Waals surface area (Å²) in [7, 11) is -2.16. The molecule has 0 spiro atoms. The number of amides is 1. The second-order valence-electron chi connectivity index (χ2n) is 8.11. The number of piperidine rings is 1. The monoisotopic (exact) mass is 444 g/mol. The second kappa shape index (κ2) is 9.20. The lowest BCUT2D eigenvalue weighted by Crippen LogP contribution is -2.51. The number of hydrogen-bond donors (Lipinski definition) is 1. The molecular weight excluding hydrogens is 416 g/mol. The van der Waals surface area contributed by atoms with E-state index >= 15 is 0 Å². The number of ether oxygens (including phenoxy) is 1. The van der Waals surface area contributed by atoms with Gasteiger partial charge in [0.25, 0.3) is 0 Å². The molecule has 1 atom stereocenters. The molecule has 1 fully saturated rings. The predicted molar refractivity (Wildman–Crippen MR) is 117 cm³/mol. The van der Waals surface area contributed by atoms with Crippen LogP contribution >= 0.6 is 0 Å². The third kappa shape index (κ3) is 5.14. The maximum absolute atomic E-state index is 13.1. The summed E-state index contributed by atoms with van der Waals surface area (Å²) in [5.74, 6) is 0.449. The number of carbonyl (C=O) groups excluding carboxylic acids is 2. The summed E-state index contributed by atoms with van der Waals surface area (Å²) in [6, 6.07) is 13.3. The number of sulfonamides is 1. The number of Topliss-reactive ketones (excluding diaryl/α,β-unsaturated/α-hetero) is 1. The molecule has 166 valence electrons. The highest BCUT2D eigenvalue weighted by molar-refractivity contribution is 7.89. The van der Waals surface area contributed by atoms with Gasteiger partial charge in [0.1, 0.15) is 5.75 Å². The Morgan fingerprint density at radius 2 is 1.74 bits per heavy atom. The molecule has 1 N–H and O–H groups in total. The fourth-order valence-electron chi connectivity index (χ4n) is 3.73. The Kier molecular flexibility index (Phi) is 6.81. The van der Waals surface area contributed by atoms with E-state index in [0.29, 0.717) is 31.5 Å². The van der Waals surface area contributed by atoms with Crippen molar-refractivity contribution in [1.29, 1.82) is 0 Å². The van der Waals surface area contributed by atoms with Crippen LogP contribution in [-0.2, 0) is 21.4 Å². The van der Waals surface area contributed by atoms with Crippen molar-refractivity contribution < 1.29 is 22.7 Å². The van der Waals surface area contributed by atoms with Crippen LogP contribution in [0.3, 0.4) is 0 Å². The van der Waals surface area contributed by atoms with E-state index in [9.17, 15) is 18.0 Å². The van der Waals surface area contributed by atoms with Crippen molar-refractivity contribution in [3.8, 4) is 5.75 Å². The van der Waals surface area contributed by atoms with Crippen LogP contribution in [0.25, 0.3) is 0 Å². The van der Waals surface area contributed by atoms with Gasteiger partial charge in [-0.25, -0.2) is 8.42 Å². The Bertz CT molecular complexity index is 1050. The number of ketones is 1. The van der Waals surface area contributed by atoms with E-state index in [1.54, 1.807) is 14.0 Å². The average Bonchev–Trinajstić information content (AvgIpc) is 2.77. The van der Waals surface area contributed by atoms with Gasteiger partial charge in [0, 0.05) is 25.2 Å². The van der Waals surface area contributed by atoms with Gasteiger partial charge in [-0.3, -0.25) is 9.59 Å². The zero-order valence-corrected chi connectivity index (χ0v) is 18.9. The van der Waals surface area contributed by atoms with Gasteiger partial charge in [0.05, 0.1) is 17.4 Å². The van der Waals surface area contributed by atoms with Gasteiger partial charge < -0.3 is 10.1 Å². The molecular formula is C23H28N2O5S. The lowest BCUT2D eigenvalue weighted by Gasteiger charge is -2.38. The summed E-state index contributed by atoms with van der Waals surface area (Å²) < 4.78 is 32.7. The molecule has 0 radical (unpaired) electrons. The number of benzene rings is 2. The summed E-state index contributed by atoms with van der Waals surface area (Å²) >= 11 is 0. The molecule has 0 aliphatic carbocycles. The van der Waals surface area contributed by atoms with Crippen molar-refractivity contribution in [2.24, 2.45) is 5.41 Å². The van der Waals surface area contributed by atoms with Crippen molar-refractivity contribution in [1.82, 2.24) is 9.62 Å². The summed E-state index contributed by atoms with van der Waals surface area (Å²) in [5.41, 5.74) is 0.570. The van der Waals surface area contributed by atoms with Gasteiger partial charge in [0.15, 0.2) is 5.78 Å². The Morgan fingerprint density at radius 1 is 1.10 bits per heavy atom. The molecule has 0 saturated carbocycles. The third-order valence-corrected chi connectivity index (χ3v) is 7.58. The van der Waals surface area contributed by atoms with Crippen LogP contribution in [0.1, 0.15) is 42.6 Å². The minimum Gasteiger partial charge on any atom is -0.497 e. The van der Waals surface area contributed by atoms with E-state index in [1.807, 2.05) is 24.3 Å². The van der Waals surface area contributed by atoms with Crippen LogP contribution in [-0.4, -0.2) is 44.6 Å². The number of nitrogens with zero attached hydrogens (tertiary/aromatic N) is 1. The molecule has 1 heterocycles. The third-order valence-electron chi connectivity index (χ3n) is 5.72. The molecule has 3 rings (SSSR count). The minimum atomic E-state index is -3.76. The highest BCUT2D eigenvalue weighted by atomic mass is 32.2. The first kappa shape index (κ1) is 23.0. The highest BCUT2D eigenvalue weighted by Crippen LogP contribution is 2.33. The van der Waals surface area contributed by atoms with Crippen molar-refractivity contribution >= 4 is 21.7 Å². The first-order chi connectivity index (χ1) is 14.7. The second-order valence-corrected chi connectivity index (χ2v) is 10.1. The number of carbonyl (C=O) groups is 2. The van der Waals surface area contributed by atoms with Crippen LogP contribution in [0.2, 0.25) is 0 Å². The Balaban J connectivity index is 1.69. The van der Waals surface area contributed by atoms with Crippen LogP contribution in [0, 0.1) is 5.41 Å². The lowest BCUT2D eigenvalue weighted by molar-refractivity contribution is -0.132. The van der Waals surface area contributed by atoms with Crippen LogP contribution < -0.4 is 10.1 Å². The summed E-state index contributed by atoms with van der Waals surface area (Å²) in [6.07, 6.45) is 1.20. The SMILES string of the molecule is COc1ccc(CNC(=O)[C@@]2(C)CCCN(S(=O)(=O)c3ccc(C(C)=O)cc3)C2)cc1. The van der Waals surface area contributed by atoms with Crippen LogP contribution in [0.5, 0.6) is 5.75 Å². The number of nitrogens with one attached hydrogen (secondary N) is 1.